The van der Waals surface area contributed by atoms with Crippen molar-refractivity contribution in [2.45, 2.75) is 4.90 Å². The highest BCUT2D eigenvalue weighted by Crippen LogP contribution is 2.13. The number of nitrogens with zero attached hydrogens (tertiary/aromatic N) is 2. The minimum Gasteiger partial charge on any atom is -0.358 e. The van der Waals surface area contributed by atoms with E-state index in [1.807, 2.05) is 0 Å². The second kappa shape index (κ2) is 7.00. The summed E-state index contributed by atoms with van der Waals surface area (Å²) < 4.78 is 25.4. The molecule has 7 nitrogen and oxygen atoms in total. The van der Waals surface area contributed by atoms with E-state index in [1.165, 1.54) is 32.6 Å². The number of rotatable bonds is 4. The average molecular weight is 296 g/mol. The third-order valence-corrected chi connectivity index (χ3v) is 4.17. The van der Waals surface area contributed by atoms with Gasteiger partial charge in [-0.25, -0.2) is 8.42 Å². The summed E-state index contributed by atoms with van der Waals surface area (Å²) in [5.41, 5.74) is 5.70. The van der Waals surface area contributed by atoms with Crippen LogP contribution in [0.1, 0.15) is 5.56 Å². The van der Waals surface area contributed by atoms with E-state index in [1.54, 1.807) is 0 Å². The molecule has 0 atom stereocenters. The fourth-order valence-corrected chi connectivity index (χ4v) is 2.44. The Bertz CT molecular complexity index is 646. The molecule has 1 amide bonds. The van der Waals surface area contributed by atoms with Gasteiger partial charge >= 0.3 is 0 Å². The molecular formula is C12H16N4O3S. The van der Waals surface area contributed by atoms with Crippen molar-refractivity contribution in [3.63, 3.8) is 0 Å². The minimum absolute atomic E-state index is 0.0206. The number of carbonyl (C=O) groups is 1. The van der Waals surface area contributed by atoms with E-state index in [0.717, 1.165) is 4.31 Å². The van der Waals surface area contributed by atoms with Crippen molar-refractivity contribution in [2.24, 2.45) is 5.73 Å². The molecule has 0 fully saturated rings. The molecule has 0 aromatic carbocycles. The Morgan fingerprint density at radius 3 is 2.80 bits per heavy atom. The fourth-order valence-electron chi connectivity index (χ4n) is 1.33. The lowest BCUT2D eigenvalue weighted by Gasteiger charge is -2.15. The molecule has 0 unspecified atom stereocenters. The van der Waals surface area contributed by atoms with Crippen LogP contribution in [0.5, 0.6) is 0 Å². The lowest BCUT2D eigenvalue weighted by Crippen LogP contribution is -2.36. The second-order valence-corrected chi connectivity index (χ2v) is 5.89. The van der Waals surface area contributed by atoms with Crippen molar-refractivity contribution < 1.29 is 13.2 Å². The first-order chi connectivity index (χ1) is 9.41. The van der Waals surface area contributed by atoms with Crippen molar-refractivity contribution in [2.75, 3.05) is 27.2 Å². The van der Waals surface area contributed by atoms with E-state index in [9.17, 15) is 13.2 Å². The van der Waals surface area contributed by atoms with Crippen molar-refractivity contribution in [3.8, 4) is 11.8 Å². The summed E-state index contributed by atoms with van der Waals surface area (Å²) in [5, 5.41) is 2.36. The number of hydrogen-bond donors (Lipinski definition) is 2. The van der Waals surface area contributed by atoms with Crippen LogP contribution < -0.4 is 11.1 Å². The largest absolute Gasteiger partial charge is 0.358 e. The Balaban J connectivity index is 3.06. The van der Waals surface area contributed by atoms with Gasteiger partial charge in [-0.15, -0.1) is 0 Å². The Morgan fingerprint density at radius 2 is 2.20 bits per heavy atom. The molecule has 3 N–H and O–H groups in total. The maximum absolute atomic E-state index is 12.2. The molecule has 108 valence electrons. The second-order valence-electron chi connectivity index (χ2n) is 3.85. The molecule has 8 heteroatoms. The predicted octanol–water partition coefficient (Wildman–Crippen LogP) is -1.24. The third kappa shape index (κ3) is 4.03. The molecule has 0 saturated heterocycles. The van der Waals surface area contributed by atoms with Crippen LogP contribution in [0.2, 0.25) is 0 Å². The van der Waals surface area contributed by atoms with Crippen LogP contribution >= 0.6 is 0 Å². The Hall–Kier alpha value is -1.95. The Morgan fingerprint density at radius 1 is 1.50 bits per heavy atom. The van der Waals surface area contributed by atoms with E-state index in [-0.39, 0.29) is 18.0 Å². The quantitative estimate of drug-likeness (QED) is 0.676. The molecule has 0 radical (unpaired) electrons. The maximum atomic E-state index is 12.2. The first kappa shape index (κ1) is 16.1. The van der Waals surface area contributed by atoms with E-state index in [4.69, 9.17) is 5.73 Å². The van der Waals surface area contributed by atoms with Gasteiger partial charge in [0.2, 0.25) is 15.9 Å². The van der Waals surface area contributed by atoms with Gasteiger partial charge in [-0.05, 0) is 6.07 Å². The number of sulfonamides is 1. The number of pyridine rings is 1. The van der Waals surface area contributed by atoms with E-state index in [0.29, 0.717) is 5.56 Å². The van der Waals surface area contributed by atoms with Gasteiger partial charge in [0.25, 0.3) is 0 Å². The van der Waals surface area contributed by atoms with Crippen LogP contribution in [-0.4, -0.2) is 50.8 Å². The zero-order chi connectivity index (χ0) is 15.2. The summed E-state index contributed by atoms with van der Waals surface area (Å²) in [5.74, 6) is 4.93. The SMILES string of the molecule is CNC(=O)CN(C)S(=O)(=O)c1cncc(C#CCN)c1. The van der Waals surface area contributed by atoms with E-state index in [2.05, 4.69) is 22.1 Å². The smallest absolute Gasteiger partial charge is 0.244 e. The Labute approximate surface area is 118 Å². The topological polar surface area (TPSA) is 105 Å². The van der Waals surface area contributed by atoms with Crippen LogP contribution in [0.25, 0.3) is 0 Å². The van der Waals surface area contributed by atoms with Gasteiger partial charge in [-0.3, -0.25) is 9.78 Å². The van der Waals surface area contributed by atoms with Crippen molar-refractivity contribution in [3.05, 3.63) is 24.0 Å². The molecule has 1 aromatic heterocycles. The molecular weight excluding hydrogens is 280 g/mol. The molecule has 0 bridgehead atoms. The summed E-state index contributed by atoms with van der Waals surface area (Å²) in [4.78, 5) is 15.1. The number of amides is 1. The Kier molecular flexibility index (Phi) is 5.64. The summed E-state index contributed by atoms with van der Waals surface area (Å²) in [6.07, 6.45) is 2.66. The third-order valence-electron chi connectivity index (χ3n) is 2.40. The monoisotopic (exact) mass is 296 g/mol. The normalized spacial score (nSPS) is 10.8. The number of carbonyl (C=O) groups excluding carboxylic acids is 1. The van der Waals surface area contributed by atoms with Crippen LogP contribution in [0.4, 0.5) is 0 Å². The van der Waals surface area contributed by atoms with Crippen molar-refractivity contribution >= 4 is 15.9 Å². The van der Waals surface area contributed by atoms with Crippen LogP contribution in [0, 0.1) is 11.8 Å². The van der Waals surface area contributed by atoms with Crippen molar-refractivity contribution in [1.82, 2.24) is 14.6 Å². The molecule has 1 heterocycles. The first-order valence-electron chi connectivity index (χ1n) is 5.72. The van der Waals surface area contributed by atoms with Gasteiger partial charge in [0.05, 0.1) is 13.1 Å². The first-order valence-corrected chi connectivity index (χ1v) is 7.16. The van der Waals surface area contributed by atoms with Gasteiger partial charge in [-0.1, -0.05) is 11.8 Å². The number of likely N-dealkylation sites (N-methyl/N-ethyl adjacent to an activating group) is 2. The van der Waals surface area contributed by atoms with E-state index < -0.39 is 15.9 Å². The highest BCUT2D eigenvalue weighted by atomic mass is 32.2. The molecule has 0 aliphatic heterocycles. The molecule has 20 heavy (non-hydrogen) atoms. The van der Waals surface area contributed by atoms with Gasteiger partial charge < -0.3 is 11.1 Å². The van der Waals surface area contributed by atoms with Gasteiger partial charge in [-0.2, -0.15) is 4.31 Å². The maximum Gasteiger partial charge on any atom is 0.244 e. The molecule has 0 aliphatic rings. The van der Waals surface area contributed by atoms with E-state index >= 15 is 0 Å². The predicted molar refractivity (Wildman–Crippen MR) is 74.1 cm³/mol. The molecule has 0 aliphatic carbocycles. The van der Waals surface area contributed by atoms with Gasteiger partial charge in [0.1, 0.15) is 4.90 Å². The van der Waals surface area contributed by atoms with Crippen LogP contribution in [0.15, 0.2) is 23.4 Å². The average Bonchev–Trinajstić information content (AvgIpc) is 2.45. The summed E-state index contributed by atoms with van der Waals surface area (Å²) in [7, 11) is -1.02. The highest BCUT2D eigenvalue weighted by molar-refractivity contribution is 7.89. The zero-order valence-corrected chi connectivity index (χ0v) is 12.1. The lowest BCUT2D eigenvalue weighted by atomic mass is 10.3. The number of aromatic nitrogens is 1. The minimum atomic E-state index is -3.78. The molecule has 0 saturated carbocycles. The van der Waals surface area contributed by atoms with Gasteiger partial charge in [0, 0.05) is 32.1 Å². The summed E-state index contributed by atoms with van der Waals surface area (Å²) >= 11 is 0. The fraction of sp³-hybridized carbons (Fsp3) is 0.333. The van der Waals surface area contributed by atoms with Crippen LogP contribution in [0.3, 0.4) is 0 Å². The lowest BCUT2D eigenvalue weighted by molar-refractivity contribution is -0.120. The van der Waals surface area contributed by atoms with Crippen molar-refractivity contribution in [1.29, 1.82) is 0 Å². The number of nitrogens with two attached hydrogens (primary N) is 1. The summed E-state index contributed by atoms with van der Waals surface area (Å²) in [6, 6.07) is 1.39. The van der Waals surface area contributed by atoms with Gasteiger partial charge in [0.15, 0.2) is 0 Å². The molecule has 1 rings (SSSR count). The molecule has 1 aromatic rings. The number of hydrogen-bond acceptors (Lipinski definition) is 5. The summed E-state index contributed by atoms with van der Waals surface area (Å²) in [6.45, 7) is -0.0922. The number of nitrogens with one attached hydrogen (secondary N) is 1. The van der Waals surface area contributed by atoms with Crippen LogP contribution in [-0.2, 0) is 14.8 Å². The molecule has 0 spiro atoms. The standard InChI is InChI=1S/C12H16N4O3S/c1-14-12(17)9-16(2)20(18,19)11-6-10(4-3-5-13)7-15-8-11/h6-8H,5,9,13H2,1-2H3,(H,14,17). The highest BCUT2D eigenvalue weighted by Gasteiger charge is 2.23. The zero-order valence-electron chi connectivity index (χ0n) is 11.3.